The van der Waals surface area contributed by atoms with Gasteiger partial charge in [0.1, 0.15) is 0 Å². The van der Waals surface area contributed by atoms with Gasteiger partial charge in [-0.3, -0.25) is 10.1 Å². The van der Waals surface area contributed by atoms with Crippen LogP contribution in [-0.2, 0) is 14.3 Å². The third kappa shape index (κ3) is 2.17. The average Bonchev–Trinajstić information content (AvgIpc) is 2.54. The van der Waals surface area contributed by atoms with Gasteiger partial charge in [0.15, 0.2) is 11.8 Å². The van der Waals surface area contributed by atoms with Crippen molar-refractivity contribution in [3.8, 4) is 0 Å². The Hall–Kier alpha value is -1.14. The normalized spacial score (nSPS) is 24.8. The molecule has 0 aromatic heterocycles. The van der Waals surface area contributed by atoms with E-state index in [1.54, 1.807) is 0 Å². The number of hydrogen-bond acceptors (Lipinski definition) is 4. The minimum Gasteiger partial charge on any atom is -0.353 e. The van der Waals surface area contributed by atoms with Crippen LogP contribution < -0.4 is 10.6 Å². The second-order valence-electron chi connectivity index (χ2n) is 3.79. The molecule has 1 saturated heterocycles. The van der Waals surface area contributed by atoms with Crippen LogP contribution in [0.25, 0.3) is 0 Å². The second-order valence-corrected chi connectivity index (χ2v) is 3.79. The monoisotopic (exact) mass is 230 g/mol. The second kappa shape index (κ2) is 5.27. The summed E-state index contributed by atoms with van der Waals surface area (Å²) < 4.78 is 10.2. The summed E-state index contributed by atoms with van der Waals surface area (Å²) in [6, 6.07) is -0.500. The van der Waals surface area contributed by atoms with E-state index in [0.29, 0.717) is 6.42 Å². The minimum atomic E-state index is -1.10. The molecule has 0 aromatic rings. The summed E-state index contributed by atoms with van der Waals surface area (Å²) in [5.41, 5.74) is -1.10. The molecule has 1 aliphatic rings. The smallest absolute Gasteiger partial charge is 0.322 e. The summed E-state index contributed by atoms with van der Waals surface area (Å²) >= 11 is 0. The molecule has 16 heavy (non-hydrogen) atoms. The Morgan fingerprint density at radius 2 is 1.94 bits per heavy atom. The SMILES string of the molecule is CCCC[C@@]1(C(OC)OC)NC(=O)NC1=O. The van der Waals surface area contributed by atoms with Crippen LogP contribution in [0.4, 0.5) is 4.79 Å². The molecule has 0 aromatic carbocycles. The number of ether oxygens (including phenoxy) is 2. The van der Waals surface area contributed by atoms with Crippen LogP contribution >= 0.6 is 0 Å². The first kappa shape index (κ1) is 12.9. The Kier molecular flexibility index (Phi) is 4.26. The van der Waals surface area contributed by atoms with Crippen LogP contribution in [0.1, 0.15) is 26.2 Å². The first-order valence-corrected chi connectivity index (χ1v) is 5.30. The van der Waals surface area contributed by atoms with Crippen LogP contribution in [0.5, 0.6) is 0 Å². The maximum atomic E-state index is 11.8. The van der Waals surface area contributed by atoms with Gasteiger partial charge in [0, 0.05) is 14.2 Å². The average molecular weight is 230 g/mol. The molecule has 6 heteroatoms. The van der Waals surface area contributed by atoms with Crippen molar-refractivity contribution in [1.82, 2.24) is 10.6 Å². The summed E-state index contributed by atoms with van der Waals surface area (Å²) in [5.74, 6) is -0.389. The lowest BCUT2D eigenvalue weighted by Gasteiger charge is -2.32. The Bertz CT molecular complexity index is 278. The van der Waals surface area contributed by atoms with Gasteiger partial charge in [-0.2, -0.15) is 0 Å². The van der Waals surface area contributed by atoms with Crippen LogP contribution in [0.3, 0.4) is 0 Å². The zero-order valence-corrected chi connectivity index (χ0v) is 9.83. The highest BCUT2D eigenvalue weighted by Crippen LogP contribution is 2.25. The number of urea groups is 1. The zero-order valence-electron chi connectivity index (χ0n) is 9.83. The predicted octanol–water partition coefficient (Wildman–Crippen LogP) is 0.374. The molecule has 1 rings (SSSR count). The Labute approximate surface area is 94.7 Å². The van der Waals surface area contributed by atoms with Gasteiger partial charge in [-0.25, -0.2) is 4.79 Å². The van der Waals surface area contributed by atoms with Gasteiger partial charge >= 0.3 is 6.03 Å². The lowest BCUT2D eigenvalue weighted by Crippen LogP contribution is -2.57. The molecule has 0 saturated carbocycles. The van der Waals surface area contributed by atoms with Gasteiger partial charge in [0.2, 0.25) is 0 Å². The molecule has 0 bridgehead atoms. The molecule has 0 aliphatic carbocycles. The molecule has 92 valence electrons. The first-order valence-electron chi connectivity index (χ1n) is 5.30. The maximum absolute atomic E-state index is 11.8. The predicted molar refractivity (Wildman–Crippen MR) is 56.7 cm³/mol. The molecule has 1 heterocycles. The number of nitrogens with one attached hydrogen (secondary N) is 2. The van der Waals surface area contributed by atoms with E-state index in [9.17, 15) is 9.59 Å². The number of imide groups is 1. The van der Waals surface area contributed by atoms with Crippen molar-refractivity contribution in [2.45, 2.75) is 38.0 Å². The summed E-state index contributed by atoms with van der Waals surface area (Å²) in [6.07, 6.45) is 1.44. The number of carbonyl (C=O) groups is 2. The molecule has 0 radical (unpaired) electrons. The Balaban J connectivity index is 2.91. The van der Waals surface area contributed by atoms with Gasteiger partial charge in [-0.15, -0.1) is 0 Å². The summed E-state index contributed by atoms with van der Waals surface area (Å²) in [4.78, 5) is 23.0. The number of carbonyl (C=O) groups excluding carboxylic acids is 2. The van der Waals surface area contributed by atoms with Crippen LogP contribution in [0.15, 0.2) is 0 Å². The van der Waals surface area contributed by atoms with Crippen LogP contribution in [0, 0.1) is 0 Å². The third-order valence-corrected chi connectivity index (χ3v) is 2.72. The van der Waals surface area contributed by atoms with E-state index in [4.69, 9.17) is 9.47 Å². The standard InChI is InChI=1S/C10H18N2O4/c1-4-5-6-10(8(15-2)16-3)7(13)11-9(14)12-10/h8H,4-6H2,1-3H3,(H2,11,12,13,14)/t10-/m1/s1. The fourth-order valence-corrected chi connectivity index (χ4v) is 1.92. The maximum Gasteiger partial charge on any atom is 0.322 e. The zero-order chi connectivity index (χ0) is 12.2. The number of rotatable bonds is 6. The van der Waals surface area contributed by atoms with E-state index >= 15 is 0 Å². The molecule has 1 fully saturated rings. The molecular formula is C10H18N2O4. The van der Waals surface area contributed by atoms with Crippen LogP contribution in [0.2, 0.25) is 0 Å². The summed E-state index contributed by atoms with van der Waals surface area (Å²) in [7, 11) is 2.89. The van der Waals surface area contributed by atoms with E-state index in [0.717, 1.165) is 12.8 Å². The van der Waals surface area contributed by atoms with E-state index < -0.39 is 17.9 Å². The van der Waals surface area contributed by atoms with Crippen molar-refractivity contribution in [2.24, 2.45) is 0 Å². The van der Waals surface area contributed by atoms with E-state index in [1.165, 1.54) is 14.2 Å². The first-order chi connectivity index (χ1) is 7.60. The van der Waals surface area contributed by atoms with Crippen molar-refractivity contribution in [1.29, 1.82) is 0 Å². The van der Waals surface area contributed by atoms with Gasteiger partial charge < -0.3 is 14.8 Å². The molecule has 1 atom stereocenters. The molecular weight excluding hydrogens is 212 g/mol. The third-order valence-electron chi connectivity index (χ3n) is 2.72. The molecule has 1 aliphatic heterocycles. The number of methoxy groups -OCH3 is 2. The highest BCUT2D eigenvalue weighted by Gasteiger charge is 2.52. The molecule has 3 amide bonds. The molecule has 0 spiro atoms. The largest absolute Gasteiger partial charge is 0.353 e. The van der Waals surface area contributed by atoms with E-state index in [-0.39, 0.29) is 5.91 Å². The van der Waals surface area contributed by atoms with Gasteiger partial charge in [0.25, 0.3) is 5.91 Å². The molecule has 6 nitrogen and oxygen atoms in total. The van der Waals surface area contributed by atoms with Gasteiger partial charge in [0.05, 0.1) is 0 Å². The highest BCUT2D eigenvalue weighted by molar-refractivity contribution is 6.07. The van der Waals surface area contributed by atoms with Crippen molar-refractivity contribution >= 4 is 11.9 Å². The fourth-order valence-electron chi connectivity index (χ4n) is 1.92. The number of hydrogen-bond donors (Lipinski definition) is 2. The summed E-state index contributed by atoms with van der Waals surface area (Å²) in [5, 5.41) is 4.82. The fraction of sp³-hybridized carbons (Fsp3) is 0.800. The van der Waals surface area contributed by atoms with E-state index in [1.807, 2.05) is 6.92 Å². The van der Waals surface area contributed by atoms with Crippen molar-refractivity contribution in [3.05, 3.63) is 0 Å². The van der Waals surface area contributed by atoms with Gasteiger partial charge in [-0.05, 0) is 6.42 Å². The molecule has 2 N–H and O–H groups in total. The lowest BCUT2D eigenvalue weighted by molar-refractivity contribution is -0.165. The van der Waals surface area contributed by atoms with Crippen molar-refractivity contribution < 1.29 is 19.1 Å². The number of amides is 3. The quantitative estimate of drug-likeness (QED) is 0.510. The highest BCUT2D eigenvalue weighted by atomic mass is 16.7. The molecule has 0 unspecified atom stereocenters. The Morgan fingerprint density at radius 1 is 1.31 bits per heavy atom. The minimum absolute atomic E-state index is 0.389. The topological polar surface area (TPSA) is 76.7 Å². The van der Waals surface area contributed by atoms with Crippen LogP contribution in [-0.4, -0.2) is 38.0 Å². The lowest BCUT2D eigenvalue weighted by atomic mass is 9.92. The Morgan fingerprint density at radius 3 is 2.31 bits per heavy atom. The van der Waals surface area contributed by atoms with Gasteiger partial charge in [-0.1, -0.05) is 19.8 Å². The van der Waals surface area contributed by atoms with Crippen molar-refractivity contribution in [3.63, 3.8) is 0 Å². The van der Waals surface area contributed by atoms with Crippen molar-refractivity contribution in [2.75, 3.05) is 14.2 Å². The van der Waals surface area contributed by atoms with E-state index in [2.05, 4.69) is 10.6 Å². The summed E-state index contributed by atoms with van der Waals surface area (Å²) in [6.45, 7) is 2.01. The number of unbranched alkanes of at least 4 members (excludes halogenated alkanes) is 1.